The summed E-state index contributed by atoms with van der Waals surface area (Å²) in [4.78, 5) is 10.8. The molecule has 1 aromatic rings. The summed E-state index contributed by atoms with van der Waals surface area (Å²) >= 11 is 3.18. The molecule has 0 saturated carbocycles. The van der Waals surface area contributed by atoms with Crippen LogP contribution in [0.3, 0.4) is 0 Å². The van der Waals surface area contributed by atoms with Gasteiger partial charge in [0.1, 0.15) is 5.76 Å². The Hall–Kier alpha value is -0.830. The number of ketones is 1. The molecule has 0 amide bonds. The molecule has 0 aliphatic carbocycles. The lowest BCUT2D eigenvalue weighted by Gasteiger charge is -1.90. The molecule has 1 rings (SSSR count). The standard InChI is InChI=1S/C9H9BrO2/c1-6(7(2)11)5-8-3-4-9(10)12-8/h3-5H,1-2H3/b6-5+. The first-order valence-corrected chi connectivity index (χ1v) is 4.33. The van der Waals surface area contributed by atoms with Gasteiger partial charge in [-0.3, -0.25) is 4.79 Å². The van der Waals surface area contributed by atoms with E-state index in [1.807, 2.05) is 0 Å². The van der Waals surface area contributed by atoms with E-state index in [-0.39, 0.29) is 5.78 Å². The highest BCUT2D eigenvalue weighted by Gasteiger charge is 1.99. The van der Waals surface area contributed by atoms with Crippen molar-refractivity contribution in [2.45, 2.75) is 13.8 Å². The summed E-state index contributed by atoms with van der Waals surface area (Å²) in [5.41, 5.74) is 0.692. The van der Waals surface area contributed by atoms with Crippen LogP contribution in [0.4, 0.5) is 0 Å². The van der Waals surface area contributed by atoms with Crippen LogP contribution in [0.5, 0.6) is 0 Å². The third-order valence-electron chi connectivity index (χ3n) is 1.51. The Morgan fingerprint density at radius 1 is 1.50 bits per heavy atom. The zero-order chi connectivity index (χ0) is 9.14. The van der Waals surface area contributed by atoms with Gasteiger partial charge in [0, 0.05) is 0 Å². The SMILES string of the molecule is CC(=O)/C(C)=C/c1ccc(Br)o1. The molecule has 0 unspecified atom stereocenters. The van der Waals surface area contributed by atoms with Gasteiger partial charge < -0.3 is 4.42 Å². The Morgan fingerprint density at radius 3 is 2.58 bits per heavy atom. The van der Waals surface area contributed by atoms with Crippen molar-refractivity contribution in [1.29, 1.82) is 0 Å². The molecule has 1 heterocycles. The topological polar surface area (TPSA) is 30.2 Å². The van der Waals surface area contributed by atoms with Crippen LogP contribution >= 0.6 is 15.9 Å². The summed E-state index contributed by atoms with van der Waals surface area (Å²) in [6.45, 7) is 3.29. The van der Waals surface area contributed by atoms with E-state index >= 15 is 0 Å². The molecule has 0 aliphatic heterocycles. The lowest BCUT2D eigenvalue weighted by Crippen LogP contribution is -1.89. The van der Waals surface area contributed by atoms with Crippen molar-refractivity contribution < 1.29 is 9.21 Å². The number of Topliss-reactive ketones (excluding diaryl/α,β-unsaturated/α-hetero) is 1. The first-order chi connectivity index (χ1) is 5.59. The average Bonchev–Trinajstić information content (AvgIpc) is 2.35. The van der Waals surface area contributed by atoms with Gasteiger partial charge in [-0.05, 0) is 53.6 Å². The normalized spacial score (nSPS) is 11.8. The molecule has 0 aromatic carbocycles. The minimum atomic E-state index is 0.0579. The van der Waals surface area contributed by atoms with Crippen LogP contribution in [0, 0.1) is 0 Å². The Kier molecular flexibility index (Phi) is 2.87. The number of carbonyl (C=O) groups excluding carboxylic acids is 1. The van der Waals surface area contributed by atoms with Gasteiger partial charge in [0.2, 0.25) is 0 Å². The lowest BCUT2D eigenvalue weighted by molar-refractivity contribution is -0.113. The molecular formula is C9H9BrO2. The average molecular weight is 229 g/mol. The summed E-state index contributed by atoms with van der Waals surface area (Å²) in [6, 6.07) is 3.59. The molecule has 2 nitrogen and oxygen atoms in total. The molecule has 0 bridgehead atoms. The highest BCUT2D eigenvalue weighted by atomic mass is 79.9. The van der Waals surface area contributed by atoms with Gasteiger partial charge in [0.25, 0.3) is 0 Å². The number of carbonyl (C=O) groups is 1. The van der Waals surface area contributed by atoms with Gasteiger partial charge in [-0.2, -0.15) is 0 Å². The smallest absolute Gasteiger partial charge is 0.169 e. The number of allylic oxidation sites excluding steroid dienone is 1. The third-order valence-corrected chi connectivity index (χ3v) is 1.93. The molecule has 0 atom stereocenters. The highest BCUT2D eigenvalue weighted by molar-refractivity contribution is 9.10. The first-order valence-electron chi connectivity index (χ1n) is 3.54. The van der Waals surface area contributed by atoms with Crippen molar-refractivity contribution in [3.63, 3.8) is 0 Å². The molecule has 0 saturated heterocycles. The summed E-state index contributed by atoms with van der Waals surface area (Å²) < 4.78 is 5.86. The molecule has 0 aliphatic rings. The molecular weight excluding hydrogens is 220 g/mol. The summed E-state index contributed by atoms with van der Waals surface area (Å²) in [5, 5.41) is 0. The van der Waals surface area contributed by atoms with Crippen LogP contribution in [0.25, 0.3) is 6.08 Å². The van der Waals surface area contributed by atoms with Gasteiger partial charge >= 0.3 is 0 Å². The lowest BCUT2D eigenvalue weighted by atomic mass is 10.2. The van der Waals surface area contributed by atoms with Crippen LogP contribution in [0.1, 0.15) is 19.6 Å². The number of furan rings is 1. The third kappa shape index (κ3) is 2.34. The first kappa shape index (κ1) is 9.26. The van der Waals surface area contributed by atoms with E-state index in [1.54, 1.807) is 25.1 Å². The molecule has 0 spiro atoms. The number of rotatable bonds is 2. The quantitative estimate of drug-likeness (QED) is 0.729. The van der Waals surface area contributed by atoms with E-state index in [4.69, 9.17) is 4.42 Å². The van der Waals surface area contributed by atoms with Gasteiger partial charge in [-0.1, -0.05) is 0 Å². The second kappa shape index (κ2) is 3.72. The van der Waals surface area contributed by atoms with E-state index in [9.17, 15) is 4.79 Å². The number of hydrogen-bond donors (Lipinski definition) is 0. The molecule has 0 radical (unpaired) electrons. The van der Waals surface area contributed by atoms with Gasteiger partial charge in [0.15, 0.2) is 10.5 Å². The van der Waals surface area contributed by atoms with Crippen molar-refractivity contribution in [2.75, 3.05) is 0 Å². The summed E-state index contributed by atoms with van der Waals surface area (Å²) in [6.07, 6.45) is 1.72. The molecule has 0 N–H and O–H groups in total. The van der Waals surface area contributed by atoms with Gasteiger partial charge in [-0.15, -0.1) is 0 Å². The largest absolute Gasteiger partial charge is 0.450 e. The fourth-order valence-corrected chi connectivity index (χ4v) is 1.04. The van der Waals surface area contributed by atoms with Gasteiger partial charge in [-0.25, -0.2) is 0 Å². The maximum Gasteiger partial charge on any atom is 0.169 e. The molecule has 1 aromatic heterocycles. The van der Waals surface area contributed by atoms with Gasteiger partial charge in [0.05, 0.1) is 0 Å². The molecule has 3 heteroatoms. The van der Waals surface area contributed by atoms with Crippen molar-refractivity contribution in [3.8, 4) is 0 Å². The van der Waals surface area contributed by atoms with E-state index in [2.05, 4.69) is 15.9 Å². The number of hydrogen-bond acceptors (Lipinski definition) is 2. The summed E-state index contributed by atoms with van der Waals surface area (Å²) in [5.74, 6) is 0.747. The maximum atomic E-state index is 10.8. The molecule has 12 heavy (non-hydrogen) atoms. The minimum Gasteiger partial charge on any atom is -0.450 e. The zero-order valence-electron chi connectivity index (χ0n) is 6.93. The van der Waals surface area contributed by atoms with E-state index < -0.39 is 0 Å². The summed E-state index contributed by atoms with van der Waals surface area (Å²) in [7, 11) is 0. The minimum absolute atomic E-state index is 0.0579. The predicted molar refractivity (Wildman–Crippen MR) is 50.7 cm³/mol. The van der Waals surface area contributed by atoms with Crippen molar-refractivity contribution in [3.05, 3.63) is 28.1 Å². The highest BCUT2D eigenvalue weighted by Crippen LogP contribution is 2.16. The van der Waals surface area contributed by atoms with Crippen molar-refractivity contribution >= 4 is 27.8 Å². The Morgan fingerprint density at radius 2 is 2.17 bits per heavy atom. The monoisotopic (exact) mass is 228 g/mol. The fraction of sp³-hybridized carbons (Fsp3) is 0.222. The van der Waals surface area contributed by atoms with Crippen LogP contribution < -0.4 is 0 Å². The van der Waals surface area contributed by atoms with E-state index in [1.165, 1.54) is 6.92 Å². The Balaban J connectivity index is 2.87. The zero-order valence-corrected chi connectivity index (χ0v) is 8.51. The second-order valence-electron chi connectivity index (χ2n) is 2.53. The van der Waals surface area contributed by atoms with Crippen molar-refractivity contribution in [2.24, 2.45) is 0 Å². The number of halogens is 1. The van der Waals surface area contributed by atoms with Crippen molar-refractivity contribution in [1.82, 2.24) is 0 Å². The predicted octanol–water partition coefficient (Wildman–Crippen LogP) is 3.03. The Bertz CT molecular complexity index is 323. The second-order valence-corrected chi connectivity index (χ2v) is 3.31. The van der Waals surface area contributed by atoms with Crippen LogP contribution in [-0.4, -0.2) is 5.78 Å². The molecule has 0 fully saturated rings. The van der Waals surface area contributed by atoms with Crippen LogP contribution in [0.2, 0.25) is 0 Å². The molecule has 64 valence electrons. The van der Waals surface area contributed by atoms with E-state index in [0.717, 1.165) is 0 Å². The Labute approximate surface area is 79.4 Å². The fourth-order valence-electron chi connectivity index (χ4n) is 0.721. The van der Waals surface area contributed by atoms with Crippen LogP contribution in [0.15, 0.2) is 26.8 Å². The van der Waals surface area contributed by atoms with Crippen LogP contribution in [-0.2, 0) is 4.79 Å². The van der Waals surface area contributed by atoms with E-state index in [0.29, 0.717) is 16.0 Å². The maximum absolute atomic E-state index is 10.8.